The van der Waals surface area contributed by atoms with Crippen molar-refractivity contribution in [3.05, 3.63) is 10.4 Å². The van der Waals surface area contributed by atoms with Gasteiger partial charge in [0, 0.05) is 39.5 Å². The molecule has 2 aliphatic carbocycles. The molecule has 2 rings (SSSR count). The Balaban J connectivity index is 2.65. The van der Waals surface area contributed by atoms with Gasteiger partial charge >= 0.3 is 11.1 Å². The number of ketones is 4. The quantitative estimate of drug-likeness (QED) is 0.325. The van der Waals surface area contributed by atoms with E-state index in [4.69, 9.17) is 0 Å². The molecule has 0 aliphatic heterocycles. The topological polar surface area (TPSA) is 120 Å². The first-order chi connectivity index (χ1) is 10.2. The van der Waals surface area contributed by atoms with Gasteiger partial charge in [-0.05, 0) is 12.8 Å². The summed E-state index contributed by atoms with van der Waals surface area (Å²) in [7, 11) is 0. The molecule has 0 N–H and O–H groups in total. The van der Waals surface area contributed by atoms with E-state index in [-0.39, 0.29) is 35.4 Å². The van der Waals surface area contributed by atoms with E-state index < -0.39 is 34.2 Å². The first-order valence-corrected chi connectivity index (χ1v) is 7.24. The lowest BCUT2D eigenvalue weighted by molar-refractivity contribution is -1.00. The minimum Gasteiger partial charge on any atom is -0.566 e. The van der Waals surface area contributed by atoms with Gasteiger partial charge in [0.1, 0.15) is 0 Å². The molecular formula is C14H18N2O6. The summed E-state index contributed by atoms with van der Waals surface area (Å²) in [6.07, 6.45) is 0.509. The number of carbonyl (C=O) groups excluding carboxylic acids is 4. The van der Waals surface area contributed by atoms with Gasteiger partial charge in [0.25, 0.3) is 0 Å². The number of azo groups is 1. The average Bonchev–Trinajstić information content (AvgIpc) is 3.01. The number of nitrogens with zero attached hydrogens (tertiary/aromatic N) is 2. The number of Topliss-reactive ketones (excluding diaryl/α,β-unsaturated/α-hetero) is 4. The van der Waals surface area contributed by atoms with Gasteiger partial charge in [0.05, 0.1) is 9.72 Å². The Morgan fingerprint density at radius 2 is 1.18 bits per heavy atom. The fourth-order valence-corrected chi connectivity index (χ4v) is 3.43. The Morgan fingerprint density at radius 3 is 1.36 bits per heavy atom. The molecule has 2 unspecified atom stereocenters. The first-order valence-electron chi connectivity index (χ1n) is 7.24. The maximum Gasteiger partial charge on any atom is 0.351 e. The molecule has 2 saturated carbocycles. The molecule has 22 heavy (non-hydrogen) atoms. The van der Waals surface area contributed by atoms with Gasteiger partial charge in [-0.3, -0.25) is 19.2 Å². The van der Waals surface area contributed by atoms with Crippen LogP contribution in [0, 0.1) is 10.4 Å². The molecule has 0 aromatic carbocycles. The van der Waals surface area contributed by atoms with Crippen molar-refractivity contribution in [1.82, 2.24) is 0 Å². The number of rotatable bonds is 4. The van der Waals surface area contributed by atoms with Gasteiger partial charge in [0.15, 0.2) is 0 Å². The van der Waals surface area contributed by atoms with Gasteiger partial charge in [0.2, 0.25) is 23.1 Å². The summed E-state index contributed by atoms with van der Waals surface area (Å²) >= 11 is 0. The Bertz CT molecular complexity index is 558. The number of carbonyl (C=O) groups is 4. The van der Waals surface area contributed by atoms with Crippen molar-refractivity contribution in [2.24, 2.45) is 0 Å². The van der Waals surface area contributed by atoms with Crippen LogP contribution >= 0.6 is 0 Å². The normalized spacial score (nSPS) is 33.0. The Hall–Kier alpha value is -2.12. The van der Waals surface area contributed by atoms with Crippen LogP contribution < -0.4 is 0 Å². The molecule has 0 saturated heterocycles. The van der Waals surface area contributed by atoms with E-state index >= 15 is 0 Å². The van der Waals surface area contributed by atoms with Crippen LogP contribution in [0.2, 0.25) is 0 Å². The summed E-state index contributed by atoms with van der Waals surface area (Å²) in [6, 6.07) is 0. The van der Waals surface area contributed by atoms with Crippen molar-refractivity contribution in [3.8, 4) is 0 Å². The summed E-state index contributed by atoms with van der Waals surface area (Å²) in [5.41, 5.74) is -4.21. The Labute approximate surface area is 126 Å². The van der Waals surface area contributed by atoms with Gasteiger partial charge in [-0.1, -0.05) is 0 Å². The highest BCUT2D eigenvalue weighted by molar-refractivity contribution is 6.11. The monoisotopic (exact) mass is 310 g/mol. The van der Waals surface area contributed by atoms with Crippen molar-refractivity contribution in [2.75, 3.05) is 0 Å². The lowest BCUT2D eigenvalue weighted by atomic mass is 9.91. The Kier molecular flexibility index (Phi) is 3.88. The van der Waals surface area contributed by atoms with Gasteiger partial charge in [-0.2, -0.15) is 0 Å². The van der Waals surface area contributed by atoms with E-state index in [0.717, 1.165) is 13.8 Å². The van der Waals surface area contributed by atoms with E-state index in [2.05, 4.69) is 0 Å². The minimum atomic E-state index is -2.10. The zero-order valence-electron chi connectivity index (χ0n) is 12.6. The summed E-state index contributed by atoms with van der Waals surface area (Å²) in [5.74, 6) is -2.76. The fourth-order valence-electron chi connectivity index (χ4n) is 3.43. The zero-order chi connectivity index (χ0) is 16.7. The molecule has 8 nitrogen and oxygen atoms in total. The van der Waals surface area contributed by atoms with Crippen LogP contribution in [0.25, 0.3) is 0 Å². The second-order valence-corrected chi connectivity index (χ2v) is 5.93. The third-order valence-electron chi connectivity index (χ3n) is 4.79. The molecule has 0 heterocycles. The highest BCUT2D eigenvalue weighted by Crippen LogP contribution is 2.35. The number of hydrogen-bond acceptors (Lipinski definition) is 6. The van der Waals surface area contributed by atoms with Crippen LogP contribution in [0.4, 0.5) is 0 Å². The molecule has 0 radical (unpaired) electrons. The van der Waals surface area contributed by atoms with Crippen LogP contribution in [0.3, 0.4) is 0 Å². The molecule has 2 fully saturated rings. The second-order valence-electron chi connectivity index (χ2n) is 5.93. The van der Waals surface area contributed by atoms with Crippen LogP contribution in [0.5, 0.6) is 0 Å². The number of hydroxylamine groups is 2. The SMILES string of the molecule is CC(=O)C1(/[N+]([O-])=[N+](\[O-])C2(C(C)=O)CCCC2=O)CCCC1=O. The van der Waals surface area contributed by atoms with Crippen molar-refractivity contribution in [2.45, 2.75) is 63.5 Å². The lowest BCUT2D eigenvalue weighted by Gasteiger charge is -2.24. The van der Waals surface area contributed by atoms with Gasteiger partial charge < -0.3 is 10.4 Å². The zero-order valence-corrected chi connectivity index (χ0v) is 12.6. The van der Waals surface area contributed by atoms with Gasteiger partial charge in [-0.25, -0.2) is 0 Å². The molecule has 0 aromatic rings. The average molecular weight is 310 g/mol. The van der Waals surface area contributed by atoms with Gasteiger partial charge in [-0.15, -0.1) is 0 Å². The molecule has 8 heteroatoms. The van der Waals surface area contributed by atoms with E-state index in [9.17, 15) is 29.6 Å². The third kappa shape index (κ3) is 1.89. The van der Waals surface area contributed by atoms with Crippen LogP contribution in [-0.2, 0) is 19.2 Å². The predicted molar refractivity (Wildman–Crippen MR) is 71.8 cm³/mol. The molecule has 0 bridgehead atoms. The van der Waals surface area contributed by atoms with E-state index in [1.165, 1.54) is 0 Å². The Morgan fingerprint density at radius 1 is 0.864 bits per heavy atom. The number of hydrogen-bond donors (Lipinski definition) is 0. The summed E-state index contributed by atoms with van der Waals surface area (Å²) in [4.78, 5) is 47.4. The smallest absolute Gasteiger partial charge is 0.351 e. The van der Waals surface area contributed by atoms with Crippen molar-refractivity contribution in [3.63, 3.8) is 0 Å². The second kappa shape index (κ2) is 5.26. The largest absolute Gasteiger partial charge is 0.566 e. The first kappa shape index (κ1) is 16.3. The van der Waals surface area contributed by atoms with Crippen molar-refractivity contribution in [1.29, 1.82) is 0 Å². The standard InChI is InChI=1S/C14H18N2O6/c1-9(17)13(7-3-5-11(13)19)15(21)16(22)14(10(2)18)8-4-6-12(14)20/h3-8H2,1-2H3/b16-15+. The lowest BCUT2D eigenvalue weighted by Crippen LogP contribution is -2.59. The molecule has 2 aliphatic rings. The van der Waals surface area contributed by atoms with Crippen LogP contribution in [-0.4, -0.2) is 43.9 Å². The van der Waals surface area contributed by atoms with Crippen molar-refractivity contribution >= 4 is 23.1 Å². The molecule has 0 aromatic heterocycles. The summed E-state index contributed by atoms with van der Waals surface area (Å²) < 4.78 is 0. The molecule has 0 amide bonds. The molecular weight excluding hydrogens is 292 g/mol. The van der Waals surface area contributed by atoms with Crippen molar-refractivity contribution < 1.29 is 28.9 Å². The van der Waals surface area contributed by atoms with E-state index in [1.807, 2.05) is 0 Å². The van der Waals surface area contributed by atoms with Crippen LogP contribution in [0.15, 0.2) is 0 Å². The van der Waals surface area contributed by atoms with E-state index in [1.54, 1.807) is 0 Å². The van der Waals surface area contributed by atoms with Crippen LogP contribution in [0.1, 0.15) is 52.4 Å². The summed E-state index contributed by atoms with van der Waals surface area (Å²) in [5, 5.41) is 25.1. The maximum atomic E-state index is 12.5. The molecule has 120 valence electrons. The minimum absolute atomic E-state index is 0.0210. The fraction of sp³-hybridized carbons (Fsp3) is 0.714. The molecule has 2 atom stereocenters. The summed E-state index contributed by atoms with van der Waals surface area (Å²) in [6.45, 7) is 2.14. The highest BCUT2D eigenvalue weighted by atomic mass is 16.6. The molecule has 0 spiro atoms. The maximum absolute atomic E-state index is 12.5. The predicted octanol–water partition coefficient (Wildman–Crippen LogP) is 0.621. The highest BCUT2D eigenvalue weighted by Gasteiger charge is 2.65. The third-order valence-corrected chi connectivity index (χ3v) is 4.79. The van der Waals surface area contributed by atoms with E-state index in [0.29, 0.717) is 12.8 Å².